The first-order valence-corrected chi connectivity index (χ1v) is 14.1. The first-order valence-electron chi connectivity index (χ1n) is 14.1. The number of aromatic nitrogens is 2. The number of amides is 2. The molecule has 3 aliphatic rings. The Hall–Kier alpha value is -3.49. The van der Waals surface area contributed by atoms with Gasteiger partial charge in [0.15, 0.2) is 0 Å². The number of benzene rings is 2. The number of fused-ring (bicyclic) bond motifs is 2. The van der Waals surface area contributed by atoms with Crippen LogP contribution >= 0.6 is 0 Å². The minimum absolute atomic E-state index is 0.0535. The second kappa shape index (κ2) is 11.7. The van der Waals surface area contributed by atoms with Crippen molar-refractivity contribution in [3.05, 3.63) is 89.0 Å². The van der Waals surface area contributed by atoms with Crippen LogP contribution in [0.15, 0.2) is 66.4 Å². The Morgan fingerprint density at radius 2 is 1.90 bits per heavy atom. The molecule has 3 unspecified atom stereocenters. The second-order valence-corrected chi connectivity index (χ2v) is 10.8. The van der Waals surface area contributed by atoms with Gasteiger partial charge in [0.2, 0.25) is 0 Å². The van der Waals surface area contributed by atoms with Gasteiger partial charge in [0.25, 0.3) is 0 Å². The highest BCUT2D eigenvalue weighted by Crippen LogP contribution is 2.46. The number of rotatable bonds is 8. The number of carbonyl (C=O) groups excluding carboxylic acids is 1. The molecule has 6 rings (SSSR count). The van der Waals surface area contributed by atoms with Crippen LogP contribution in [0.4, 0.5) is 9.18 Å². The zero-order valence-electron chi connectivity index (χ0n) is 22.2. The van der Waals surface area contributed by atoms with Crippen molar-refractivity contribution in [2.24, 2.45) is 11.8 Å². The molecule has 2 amide bonds. The number of morpholine rings is 1. The van der Waals surface area contributed by atoms with E-state index >= 15 is 0 Å². The maximum atomic E-state index is 13.5. The molecule has 8 heteroatoms. The molecule has 2 N–H and O–H groups in total. The average Bonchev–Trinajstić information content (AvgIpc) is 3.56. The second-order valence-electron chi connectivity index (χ2n) is 10.8. The Bertz CT molecular complexity index is 1300. The van der Waals surface area contributed by atoms with Crippen molar-refractivity contribution >= 4 is 12.1 Å². The van der Waals surface area contributed by atoms with E-state index in [1.54, 1.807) is 12.1 Å². The Balaban J connectivity index is 1.12. The fraction of sp³-hybridized carbons (Fsp3) is 0.419. The molecule has 1 saturated heterocycles. The van der Waals surface area contributed by atoms with Crippen molar-refractivity contribution in [1.82, 2.24) is 25.3 Å². The smallest absolute Gasteiger partial charge is 0.315 e. The van der Waals surface area contributed by atoms with Crippen LogP contribution in [0.2, 0.25) is 0 Å². The van der Waals surface area contributed by atoms with E-state index in [0.29, 0.717) is 18.4 Å². The molecule has 0 spiro atoms. The van der Waals surface area contributed by atoms with Gasteiger partial charge in [0, 0.05) is 26.2 Å². The lowest BCUT2D eigenvalue weighted by atomic mass is 9.80. The zero-order chi connectivity index (χ0) is 26.6. The van der Waals surface area contributed by atoms with Crippen LogP contribution in [0.5, 0.6) is 0 Å². The molecule has 0 radical (unpaired) electrons. The first-order chi connectivity index (χ1) is 19.1. The molecule has 3 aromatic rings. The molecule has 0 bridgehead atoms. The summed E-state index contributed by atoms with van der Waals surface area (Å²) in [5, 5.41) is 11.0. The van der Waals surface area contributed by atoms with Gasteiger partial charge in [0.1, 0.15) is 5.82 Å². The molecular weight excluding hydrogens is 493 g/mol. The summed E-state index contributed by atoms with van der Waals surface area (Å²) in [5.74, 6) is 0.669. The highest BCUT2D eigenvalue weighted by molar-refractivity contribution is 5.74. The highest BCUT2D eigenvalue weighted by Gasteiger charge is 2.37. The number of nitrogens with one attached hydrogen (secondary N) is 2. The van der Waals surface area contributed by atoms with Crippen molar-refractivity contribution in [2.75, 3.05) is 39.4 Å². The minimum Gasteiger partial charge on any atom is -0.379 e. The van der Waals surface area contributed by atoms with Gasteiger partial charge in [-0.2, -0.15) is 5.10 Å². The van der Waals surface area contributed by atoms with Crippen molar-refractivity contribution in [1.29, 1.82) is 0 Å². The molecule has 7 nitrogen and oxygen atoms in total. The van der Waals surface area contributed by atoms with E-state index in [1.165, 1.54) is 23.3 Å². The highest BCUT2D eigenvalue weighted by atomic mass is 19.1. The van der Waals surface area contributed by atoms with E-state index in [2.05, 4.69) is 38.8 Å². The number of urea groups is 1. The molecule has 39 heavy (non-hydrogen) atoms. The van der Waals surface area contributed by atoms with Gasteiger partial charge in [-0.25, -0.2) is 13.9 Å². The molecule has 1 saturated carbocycles. The Morgan fingerprint density at radius 3 is 2.69 bits per heavy atom. The first kappa shape index (κ1) is 25.8. The van der Waals surface area contributed by atoms with Crippen LogP contribution < -0.4 is 10.6 Å². The number of carbonyl (C=O) groups is 1. The molecule has 2 fully saturated rings. The van der Waals surface area contributed by atoms with E-state index in [9.17, 15) is 9.18 Å². The summed E-state index contributed by atoms with van der Waals surface area (Å²) < 4.78 is 20.8. The summed E-state index contributed by atoms with van der Waals surface area (Å²) in [7, 11) is 0. The number of allylic oxidation sites excluding steroid dienone is 1. The monoisotopic (exact) mass is 529 g/mol. The number of ether oxygens (including phenoxy) is 1. The predicted octanol–water partition coefficient (Wildman–Crippen LogP) is 4.74. The number of hydrogen-bond acceptors (Lipinski definition) is 4. The standard InChI is InChI=1S/C31H36FN5O2/c32-26-8-10-27(11-9-26)37-30-20-24-7-6-23(28(24)18-25(30)21-34-37)19-29(22-4-2-1-3-5-22)35-31(38)33-12-13-36-14-16-39-17-15-36/h1-5,8-11,20-21,23,28-29H,6-7,12-19H2,(H2,33,35,38). The van der Waals surface area contributed by atoms with Crippen LogP contribution in [-0.2, 0) is 11.2 Å². The number of nitrogens with zero attached hydrogens (tertiary/aromatic N) is 3. The molecule has 3 atom stereocenters. The van der Waals surface area contributed by atoms with Crippen LogP contribution in [-0.4, -0.2) is 60.1 Å². The third-order valence-corrected chi connectivity index (χ3v) is 8.43. The SMILES string of the molecule is O=C(NCCN1CCOCC1)NC(CC1CCC2=Cc3c(cnn3-c3ccc(F)cc3)CC21)c1ccccc1. The van der Waals surface area contributed by atoms with Crippen molar-refractivity contribution < 1.29 is 13.9 Å². The third-order valence-electron chi connectivity index (χ3n) is 8.43. The minimum atomic E-state index is -0.246. The van der Waals surface area contributed by atoms with Crippen molar-refractivity contribution in [3.63, 3.8) is 0 Å². The van der Waals surface area contributed by atoms with Gasteiger partial charge in [-0.1, -0.05) is 35.9 Å². The van der Waals surface area contributed by atoms with E-state index in [-0.39, 0.29) is 17.9 Å². The molecule has 1 aromatic heterocycles. The molecule has 204 valence electrons. The summed E-state index contributed by atoms with van der Waals surface area (Å²) in [6.07, 6.45) is 8.25. The number of hydrogen-bond donors (Lipinski definition) is 2. The van der Waals surface area contributed by atoms with Crippen LogP contribution in [0, 0.1) is 17.7 Å². The molecule has 2 aliphatic carbocycles. The van der Waals surface area contributed by atoms with Gasteiger partial charge < -0.3 is 15.4 Å². The van der Waals surface area contributed by atoms with Crippen LogP contribution in [0.3, 0.4) is 0 Å². The Morgan fingerprint density at radius 1 is 1.10 bits per heavy atom. The molecule has 2 heterocycles. The van der Waals surface area contributed by atoms with E-state index < -0.39 is 0 Å². The van der Waals surface area contributed by atoms with Gasteiger partial charge in [-0.05, 0) is 79.0 Å². The summed E-state index contributed by atoms with van der Waals surface area (Å²) in [5.41, 5.74) is 5.79. The molecule has 1 aliphatic heterocycles. The van der Waals surface area contributed by atoms with Crippen molar-refractivity contribution in [3.8, 4) is 5.69 Å². The normalized spacial score (nSPS) is 21.5. The summed E-state index contributed by atoms with van der Waals surface area (Å²) in [6.45, 7) is 4.80. The van der Waals surface area contributed by atoms with Crippen molar-refractivity contribution in [2.45, 2.75) is 31.7 Å². The fourth-order valence-electron chi connectivity index (χ4n) is 6.33. The van der Waals surface area contributed by atoms with Gasteiger partial charge in [-0.3, -0.25) is 4.90 Å². The quantitative estimate of drug-likeness (QED) is 0.442. The van der Waals surface area contributed by atoms with Gasteiger partial charge in [-0.15, -0.1) is 0 Å². The Kier molecular flexibility index (Phi) is 7.74. The summed E-state index contributed by atoms with van der Waals surface area (Å²) >= 11 is 0. The summed E-state index contributed by atoms with van der Waals surface area (Å²) in [6, 6.07) is 16.6. The Labute approximate surface area is 229 Å². The fourth-order valence-corrected chi connectivity index (χ4v) is 6.33. The molecule has 2 aromatic carbocycles. The third kappa shape index (κ3) is 5.92. The lowest BCUT2D eigenvalue weighted by Crippen LogP contribution is -2.44. The van der Waals surface area contributed by atoms with Gasteiger partial charge in [0.05, 0.1) is 36.8 Å². The van der Waals surface area contributed by atoms with Gasteiger partial charge >= 0.3 is 6.03 Å². The van der Waals surface area contributed by atoms with E-state index in [0.717, 1.165) is 75.5 Å². The topological polar surface area (TPSA) is 71.4 Å². The lowest BCUT2D eigenvalue weighted by molar-refractivity contribution is 0.0387. The van der Waals surface area contributed by atoms with Crippen LogP contribution in [0.25, 0.3) is 11.8 Å². The van der Waals surface area contributed by atoms with Crippen LogP contribution in [0.1, 0.15) is 42.1 Å². The maximum absolute atomic E-state index is 13.5. The number of halogens is 1. The van der Waals surface area contributed by atoms with E-state index in [4.69, 9.17) is 4.74 Å². The predicted molar refractivity (Wildman–Crippen MR) is 149 cm³/mol. The van der Waals surface area contributed by atoms with E-state index in [1.807, 2.05) is 29.1 Å². The largest absolute Gasteiger partial charge is 0.379 e. The average molecular weight is 530 g/mol. The molecular formula is C31H36FN5O2. The zero-order valence-corrected chi connectivity index (χ0v) is 22.2. The summed E-state index contributed by atoms with van der Waals surface area (Å²) in [4.78, 5) is 15.3. The lowest BCUT2D eigenvalue weighted by Gasteiger charge is -2.29. The maximum Gasteiger partial charge on any atom is 0.315 e.